The van der Waals surface area contributed by atoms with Crippen molar-refractivity contribution < 1.29 is 9.53 Å². The average molecular weight is 409 g/mol. The molecule has 154 valence electrons. The molecule has 1 amide bonds. The molecule has 1 atom stereocenters. The number of ether oxygens (including phenoxy) is 1. The third-order valence-corrected chi connectivity index (χ3v) is 4.93. The van der Waals surface area contributed by atoms with Crippen molar-refractivity contribution in [3.8, 4) is 23.0 Å². The molecule has 0 aliphatic heterocycles. The lowest BCUT2D eigenvalue weighted by Gasteiger charge is -2.15. The van der Waals surface area contributed by atoms with Crippen LogP contribution >= 0.6 is 0 Å². The predicted octanol–water partition coefficient (Wildman–Crippen LogP) is 5.74. The SMILES string of the molecule is Cc1ccc([C@@H](C)NC(=O)c2ccc(-c3nccc(Oc4ccccc4)n3)cc2)cc1. The van der Waals surface area contributed by atoms with Gasteiger partial charge >= 0.3 is 0 Å². The molecule has 0 bridgehead atoms. The molecule has 0 spiro atoms. The van der Waals surface area contributed by atoms with Crippen LogP contribution in [0.3, 0.4) is 0 Å². The molecule has 1 heterocycles. The number of hydrogen-bond acceptors (Lipinski definition) is 4. The Hall–Kier alpha value is -3.99. The quantitative estimate of drug-likeness (QED) is 0.441. The number of nitrogens with zero attached hydrogens (tertiary/aromatic N) is 2. The van der Waals surface area contributed by atoms with Crippen molar-refractivity contribution in [1.82, 2.24) is 15.3 Å². The zero-order valence-corrected chi connectivity index (χ0v) is 17.4. The lowest BCUT2D eigenvalue weighted by molar-refractivity contribution is 0.0940. The molecule has 1 N–H and O–H groups in total. The molecular weight excluding hydrogens is 386 g/mol. The monoisotopic (exact) mass is 409 g/mol. The van der Waals surface area contributed by atoms with Crippen LogP contribution in [0.2, 0.25) is 0 Å². The molecular formula is C26H23N3O2. The minimum absolute atomic E-state index is 0.0806. The van der Waals surface area contributed by atoms with E-state index < -0.39 is 0 Å². The molecule has 3 aromatic carbocycles. The van der Waals surface area contributed by atoms with Gasteiger partial charge in [-0.3, -0.25) is 4.79 Å². The molecule has 4 rings (SSSR count). The normalized spacial score (nSPS) is 11.5. The first-order valence-electron chi connectivity index (χ1n) is 10.1. The van der Waals surface area contributed by atoms with Gasteiger partial charge in [-0.2, -0.15) is 4.98 Å². The number of nitrogens with one attached hydrogen (secondary N) is 1. The zero-order valence-electron chi connectivity index (χ0n) is 17.4. The molecule has 4 aromatic rings. The van der Waals surface area contributed by atoms with Crippen LogP contribution in [0, 0.1) is 6.92 Å². The van der Waals surface area contributed by atoms with Crippen molar-refractivity contribution in [2.75, 3.05) is 0 Å². The fourth-order valence-electron chi connectivity index (χ4n) is 3.14. The molecule has 0 unspecified atom stereocenters. The summed E-state index contributed by atoms with van der Waals surface area (Å²) >= 11 is 0. The summed E-state index contributed by atoms with van der Waals surface area (Å²) in [5, 5.41) is 3.04. The van der Waals surface area contributed by atoms with Crippen molar-refractivity contribution in [3.63, 3.8) is 0 Å². The summed E-state index contributed by atoms with van der Waals surface area (Å²) in [6.07, 6.45) is 1.66. The Labute approximate surface area is 181 Å². The van der Waals surface area contributed by atoms with E-state index in [0.29, 0.717) is 23.0 Å². The Morgan fingerprint density at radius 3 is 2.32 bits per heavy atom. The predicted molar refractivity (Wildman–Crippen MR) is 121 cm³/mol. The molecule has 1 aromatic heterocycles. The van der Waals surface area contributed by atoms with E-state index in [9.17, 15) is 4.79 Å². The maximum atomic E-state index is 12.6. The van der Waals surface area contributed by atoms with Crippen molar-refractivity contribution in [2.45, 2.75) is 19.9 Å². The highest BCUT2D eigenvalue weighted by Gasteiger charge is 2.12. The molecule has 0 aliphatic rings. The van der Waals surface area contributed by atoms with Crippen molar-refractivity contribution in [3.05, 3.63) is 108 Å². The van der Waals surface area contributed by atoms with Gasteiger partial charge in [-0.05, 0) is 43.7 Å². The average Bonchev–Trinajstić information content (AvgIpc) is 2.80. The van der Waals surface area contributed by atoms with E-state index >= 15 is 0 Å². The second-order valence-electron chi connectivity index (χ2n) is 7.32. The van der Waals surface area contributed by atoms with Gasteiger partial charge in [0, 0.05) is 23.4 Å². The van der Waals surface area contributed by atoms with Gasteiger partial charge in [0.15, 0.2) is 5.82 Å². The van der Waals surface area contributed by atoms with Crippen molar-refractivity contribution in [2.24, 2.45) is 0 Å². The fourth-order valence-corrected chi connectivity index (χ4v) is 3.14. The maximum Gasteiger partial charge on any atom is 0.251 e. The first-order chi connectivity index (χ1) is 15.1. The van der Waals surface area contributed by atoms with Gasteiger partial charge in [-0.25, -0.2) is 4.98 Å². The highest BCUT2D eigenvalue weighted by atomic mass is 16.5. The van der Waals surface area contributed by atoms with Gasteiger partial charge in [0.1, 0.15) is 5.75 Å². The summed E-state index contributed by atoms with van der Waals surface area (Å²) in [4.78, 5) is 21.4. The van der Waals surface area contributed by atoms with Gasteiger partial charge in [0.05, 0.1) is 6.04 Å². The van der Waals surface area contributed by atoms with Gasteiger partial charge in [-0.15, -0.1) is 0 Å². The Morgan fingerprint density at radius 2 is 1.61 bits per heavy atom. The number of aryl methyl sites for hydroxylation is 1. The summed E-state index contributed by atoms with van der Waals surface area (Å²) in [6, 6.07) is 26.5. The number of amides is 1. The Kier molecular flexibility index (Phi) is 6.03. The maximum absolute atomic E-state index is 12.6. The van der Waals surface area contributed by atoms with Gasteiger partial charge in [0.2, 0.25) is 5.88 Å². The van der Waals surface area contributed by atoms with Crippen LogP contribution in [0.4, 0.5) is 0 Å². The summed E-state index contributed by atoms with van der Waals surface area (Å²) in [6.45, 7) is 4.02. The lowest BCUT2D eigenvalue weighted by atomic mass is 10.1. The van der Waals surface area contributed by atoms with E-state index in [0.717, 1.165) is 11.1 Å². The molecule has 0 saturated heterocycles. The minimum Gasteiger partial charge on any atom is -0.439 e. The smallest absolute Gasteiger partial charge is 0.251 e. The fraction of sp³-hybridized carbons (Fsp3) is 0.115. The second-order valence-corrected chi connectivity index (χ2v) is 7.32. The summed E-state index contributed by atoms with van der Waals surface area (Å²) < 4.78 is 5.78. The van der Waals surface area contributed by atoms with Crippen molar-refractivity contribution in [1.29, 1.82) is 0 Å². The number of carbonyl (C=O) groups is 1. The van der Waals surface area contributed by atoms with Crippen LogP contribution in [-0.4, -0.2) is 15.9 Å². The molecule has 0 radical (unpaired) electrons. The first-order valence-corrected chi connectivity index (χ1v) is 10.1. The molecule has 5 nitrogen and oxygen atoms in total. The van der Waals surface area contributed by atoms with E-state index in [1.54, 1.807) is 24.4 Å². The van der Waals surface area contributed by atoms with Crippen LogP contribution in [0.15, 0.2) is 91.1 Å². The topological polar surface area (TPSA) is 64.1 Å². The molecule has 5 heteroatoms. The number of rotatable bonds is 6. The van der Waals surface area contributed by atoms with E-state index in [2.05, 4.69) is 15.3 Å². The Bertz CT molecular complexity index is 1160. The summed E-state index contributed by atoms with van der Waals surface area (Å²) in [5.41, 5.74) is 3.65. The molecule has 0 fully saturated rings. The van der Waals surface area contributed by atoms with E-state index in [-0.39, 0.29) is 11.9 Å². The Balaban J connectivity index is 1.44. The number of hydrogen-bond donors (Lipinski definition) is 1. The molecule has 31 heavy (non-hydrogen) atoms. The van der Waals surface area contributed by atoms with Crippen LogP contribution in [0.25, 0.3) is 11.4 Å². The summed E-state index contributed by atoms with van der Waals surface area (Å²) in [5.74, 6) is 1.59. The van der Waals surface area contributed by atoms with Crippen LogP contribution in [-0.2, 0) is 0 Å². The van der Waals surface area contributed by atoms with Crippen molar-refractivity contribution >= 4 is 5.91 Å². The lowest BCUT2D eigenvalue weighted by Crippen LogP contribution is -2.26. The Morgan fingerprint density at radius 1 is 0.903 bits per heavy atom. The van der Waals surface area contributed by atoms with E-state index in [1.165, 1.54) is 5.56 Å². The van der Waals surface area contributed by atoms with Gasteiger partial charge < -0.3 is 10.1 Å². The highest BCUT2D eigenvalue weighted by Crippen LogP contribution is 2.22. The third kappa shape index (κ3) is 5.14. The minimum atomic E-state index is -0.123. The third-order valence-electron chi connectivity index (χ3n) is 4.93. The first kappa shape index (κ1) is 20.3. The zero-order chi connectivity index (χ0) is 21.6. The number of benzene rings is 3. The van der Waals surface area contributed by atoms with Crippen LogP contribution in [0.1, 0.15) is 34.5 Å². The van der Waals surface area contributed by atoms with Gasteiger partial charge in [0.25, 0.3) is 5.91 Å². The van der Waals surface area contributed by atoms with Crippen LogP contribution in [0.5, 0.6) is 11.6 Å². The van der Waals surface area contributed by atoms with E-state index in [4.69, 9.17) is 4.74 Å². The number of para-hydroxylation sites is 1. The molecule has 0 aliphatic carbocycles. The molecule has 0 saturated carbocycles. The highest BCUT2D eigenvalue weighted by molar-refractivity contribution is 5.94. The summed E-state index contributed by atoms with van der Waals surface area (Å²) in [7, 11) is 0. The second kappa shape index (κ2) is 9.22. The van der Waals surface area contributed by atoms with Gasteiger partial charge in [-0.1, -0.05) is 60.2 Å². The standard InChI is InChI=1S/C26H23N3O2/c1-18-8-10-20(11-9-18)19(2)28-26(30)22-14-12-21(13-15-22)25-27-17-16-24(29-25)31-23-6-4-3-5-7-23/h3-17,19H,1-2H3,(H,28,30)/t19-/m1/s1. The van der Waals surface area contributed by atoms with Crippen LogP contribution < -0.4 is 10.1 Å². The number of carbonyl (C=O) groups excluding carboxylic acids is 1. The largest absolute Gasteiger partial charge is 0.439 e. The van der Waals surface area contributed by atoms with E-state index in [1.807, 2.05) is 80.6 Å². The number of aromatic nitrogens is 2.